The van der Waals surface area contributed by atoms with Gasteiger partial charge >= 0.3 is 0 Å². The minimum atomic E-state index is 0.256. The predicted molar refractivity (Wildman–Crippen MR) is 515 cm³/mol. The Balaban J connectivity index is 0.0000000976. The summed E-state index contributed by atoms with van der Waals surface area (Å²) in [6.07, 6.45) is 52.8. The summed E-state index contributed by atoms with van der Waals surface area (Å²) in [4.78, 5) is 15.9. The number of likely N-dealkylation sites (N-methyl/N-ethyl adjacent to an activating group) is 6. The molecule has 0 amide bonds. The van der Waals surface area contributed by atoms with E-state index in [-0.39, 0.29) is 6.10 Å². The van der Waals surface area contributed by atoms with Crippen molar-refractivity contribution in [2.24, 2.45) is 41.4 Å². The highest BCUT2D eigenvalue weighted by atomic mass is 16.5. The first-order chi connectivity index (χ1) is 60.1. The number of fused-ring (bicyclic) bond motifs is 6. The van der Waals surface area contributed by atoms with E-state index in [0.717, 1.165) is 102 Å². The monoisotopic (exact) mass is 1680 g/mol. The molecular weight excluding hydrogens is 1510 g/mol. The van der Waals surface area contributed by atoms with Gasteiger partial charge in [-0.2, -0.15) is 0 Å². The Labute approximate surface area is 752 Å². The van der Waals surface area contributed by atoms with Crippen molar-refractivity contribution in [1.82, 2.24) is 29.4 Å². The van der Waals surface area contributed by atoms with Crippen LogP contribution in [0.4, 0.5) is 0 Å². The van der Waals surface area contributed by atoms with E-state index >= 15 is 0 Å². The van der Waals surface area contributed by atoms with Gasteiger partial charge in [0, 0.05) is 68.7 Å². The van der Waals surface area contributed by atoms with Crippen LogP contribution >= 0.6 is 0 Å². The molecule has 6 saturated carbocycles. The molecule has 12 fully saturated rings. The lowest BCUT2D eigenvalue weighted by Crippen LogP contribution is -2.59. The van der Waals surface area contributed by atoms with Gasteiger partial charge in [0.15, 0.2) is 0 Å². The van der Waals surface area contributed by atoms with Crippen molar-refractivity contribution in [1.29, 1.82) is 0 Å². The molecule has 6 heterocycles. The second-order valence-corrected chi connectivity index (χ2v) is 45.4. The van der Waals surface area contributed by atoms with Crippen molar-refractivity contribution < 1.29 is 14.2 Å². The average Bonchev–Trinajstić information content (AvgIpc) is 0.752. The molecule has 18 atom stereocenters. The minimum Gasteiger partial charge on any atom is -0.497 e. The SMILES string of the molecule is CC(C)Cc1ccc2c(c1)[C@]13CCCC[C@@H]1[C@H](C2)N(C)CC3.CC(C)Oc1ccc2c(c1)[C@]13CCCC[C@@H]1[C@H](C2)N(C)CC3.CCOc1ccc2c(c1)[C@]13CCCC[C@@H]1[C@H](C2)N(C)CC3.CCc1ccc2c(c1)[C@]13CCCC[C@@H]1[C@H](C2)N(C)CC3.COc1ccc2c(c1)[C@]13CCCC[C@@H]1[C@H](C2)N(C)CC3.Cc1ccc2c(c1)[C@]13CCCC[C@@H]1[C@H](C2)N(C)CC3. The highest BCUT2D eigenvalue weighted by Gasteiger charge is 2.60. The average molecular weight is 1680 g/mol. The number of piperidine rings is 6. The molecule has 6 aromatic carbocycles. The summed E-state index contributed by atoms with van der Waals surface area (Å²) in [5.41, 5.74) is 27.4. The van der Waals surface area contributed by atoms with E-state index in [1.165, 1.54) is 289 Å². The summed E-state index contributed by atoms with van der Waals surface area (Å²) in [7, 11) is 15.9. The number of hydrogen-bond acceptors (Lipinski definition) is 9. The Morgan fingerprint density at radius 1 is 0.315 bits per heavy atom. The first-order valence-electron chi connectivity index (χ1n) is 51.9. The fourth-order valence-electron chi connectivity index (χ4n) is 32.9. The molecule has 0 radical (unpaired) electrons. The van der Waals surface area contributed by atoms with Crippen molar-refractivity contribution >= 4 is 0 Å². The lowest BCUT2D eigenvalue weighted by Gasteiger charge is -2.58. The molecule has 6 aliphatic heterocycles. The van der Waals surface area contributed by atoms with Gasteiger partial charge in [0.25, 0.3) is 0 Å². The third kappa shape index (κ3) is 15.6. The van der Waals surface area contributed by atoms with Crippen molar-refractivity contribution in [3.63, 3.8) is 0 Å². The van der Waals surface area contributed by atoms with Crippen LogP contribution in [0, 0.1) is 48.3 Å². The van der Waals surface area contributed by atoms with Crippen LogP contribution in [0.2, 0.25) is 0 Å². The summed E-state index contributed by atoms with van der Waals surface area (Å²) in [5, 5.41) is 0. The summed E-state index contributed by atoms with van der Waals surface area (Å²) < 4.78 is 17.3. The van der Waals surface area contributed by atoms with Crippen molar-refractivity contribution in [3.8, 4) is 17.2 Å². The van der Waals surface area contributed by atoms with Crippen molar-refractivity contribution in [2.75, 3.05) is 95.3 Å². The number of hydrogen-bond donors (Lipinski definition) is 0. The second-order valence-electron chi connectivity index (χ2n) is 45.4. The maximum Gasteiger partial charge on any atom is 0.119 e. The Kier molecular flexibility index (Phi) is 25.5. The van der Waals surface area contributed by atoms with Crippen molar-refractivity contribution in [3.05, 3.63) is 193 Å². The normalized spacial score (nSPS) is 35.5. The van der Waals surface area contributed by atoms with Crippen LogP contribution in [0.25, 0.3) is 0 Å². The Hall–Kier alpha value is -5.52. The summed E-state index contributed by atoms with van der Waals surface area (Å²) in [6.45, 7) is 24.0. The molecule has 0 aromatic heterocycles. The van der Waals surface area contributed by atoms with E-state index in [9.17, 15) is 0 Å². The molecule has 0 unspecified atom stereocenters. The molecule has 0 spiro atoms. The highest BCUT2D eigenvalue weighted by Crippen LogP contribution is 2.63. The number of likely N-dealkylation sites (tertiary alicyclic amines) is 6. The van der Waals surface area contributed by atoms with Crippen LogP contribution in [-0.2, 0) is 83.9 Å². The van der Waals surface area contributed by atoms with Crippen LogP contribution in [0.3, 0.4) is 0 Å². The molecule has 9 nitrogen and oxygen atoms in total. The van der Waals surface area contributed by atoms with Gasteiger partial charge in [0.1, 0.15) is 17.2 Å². The largest absolute Gasteiger partial charge is 0.497 e. The van der Waals surface area contributed by atoms with Gasteiger partial charge in [0.05, 0.1) is 19.8 Å². The van der Waals surface area contributed by atoms with E-state index in [2.05, 4.69) is 229 Å². The summed E-state index contributed by atoms with van der Waals surface area (Å²) >= 11 is 0. The third-order valence-corrected chi connectivity index (χ3v) is 38.9. The smallest absolute Gasteiger partial charge is 0.119 e. The third-order valence-electron chi connectivity index (χ3n) is 38.9. The van der Waals surface area contributed by atoms with Crippen LogP contribution in [0.1, 0.15) is 318 Å². The fraction of sp³-hybridized carbons (Fsp3) is 0.687. The Morgan fingerprint density at radius 3 is 0.903 bits per heavy atom. The molecule has 12 aliphatic carbocycles. The quantitative estimate of drug-likeness (QED) is 0.148. The second kappa shape index (κ2) is 36.0. The molecule has 6 saturated heterocycles. The topological polar surface area (TPSA) is 47.1 Å². The number of ether oxygens (including phenoxy) is 3. The van der Waals surface area contributed by atoms with Gasteiger partial charge in [-0.15, -0.1) is 0 Å². The Bertz CT molecular complexity index is 4540. The summed E-state index contributed by atoms with van der Waals surface area (Å²) in [5.74, 6) is 9.32. The van der Waals surface area contributed by atoms with Crippen LogP contribution in [-0.4, -0.2) is 167 Å². The van der Waals surface area contributed by atoms with E-state index < -0.39 is 0 Å². The van der Waals surface area contributed by atoms with E-state index in [0.29, 0.717) is 32.5 Å². The van der Waals surface area contributed by atoms with Gasteiger partial charge in [-0.3, -0.25) is 0 Å². The number of rotatable bonds is 8. The van der Waals surface area contributed by atoms with Crippen molar-refractivity contribution in [2.45, 2.75) is 367 Å². The van der Waals surface area contributed by atoms with Crippen LogP contribution in [0.5, 0.6) is 17.2 Å². The first kappa shape index (κ1) is 87.8. The number of aryl methyl sites for hydroxylation is 2. The Morgan fingerprint density at radius 2 is 0.589 bits per heavy atom. The molecular formula is C115H164N6O3. The van der Waals surface area contributed by atoms with E-state index in [4.69, 9.17) is 14.2 Å². The predicted octanol–water partition coefficient (Wildman–Crippen LogP) is 23.5. The lowest BCUT2D eigenvalue weighted by atomic mass is 9.52. The van der Waals surface area contributed by atoms with Gasteiger partial charge in [-0.1, -0.05) is 176 Å². The number of methoxy groups -OCH3 is 1. The first-order valence-corrected chi connectivity index (χ1v) is 51.9. The minimum absolute atomic E-state index is 0.256. The highest BCUT2D eigenvalue weighted by molar-refractivity contribution is 5.51. The molecule has 0 N–H and O–H groups in total. The molecule has 18 aliphatic rings. The van der Waals surface area contributed by atoms with Gasteiger partial charge in [0.2, 0.25) is 0 Å². The molecule has 12 bridgehead atoms. The lowest BCUT2D eigenvalue weighted by molar-refractivity contribution is 0.00265. The number of nitrogens with zero attached hydrogens (tertiary/aromatic N) is 6. The molecule has 24 rings (SSSR count). The molecule has 6 aromatic rings. The van der Waals surface area contributed by atoms with Crippen LogP contribution in [0.15, 0.2) is 109 Å². The maximum atomic E-state index is 6.01. The zero-order valence-electron chi connectivity index (χ0n) is 80.2. The maximum absolute atomic E-state index is 6.01. The summed E-state index contributed by atoms with van der Waals surface area (Å²) in [6, 6.07) is 47.6. The van der Waals surface area contributed by atoms with E-state index in [1.54, 1.807) is 85.0 Å². The fourth-order valence-corrected chi connectivity index (χ4v) is 32.9. The number of benzene rings is 6. The zero-order valence-corrected chi connectivity index (χ0v) is 80.2. The zero-order chi connectivity index (χ0) is 85.6. The van der Waals surface area contributed by atoms with Gasteiger partial charge < -0.3 is 43.6 Å². The standard InChI is InChI=1S/C21H31N.C20H29NO.C19H27NO.C19H27N.C18H25NO.C18H25N/c1-15(2)12-16-7-8-17-14-20-18-6-4-5-9-21(18,19(17)13-16)10-11-22(20)3;1-14(2)22-16-8-7-15-12-19-17-6-4-5-9-20(17,18(15)13-16)10-11-21(19)3;1-3-21-15-8-7-14-12-18-16-6-4-5-9-19(16,17(14)13-15)10-11-20(18)2;1-3-14-7-8-15-13-18-16-6-4-5-9-19(16,17(15)12-14)10-11-20(18)2;1-19-10-9-18-8-4-3-5-15(18)17(19)11-13-6-7-14(20-2)12-16(13)18;1-13-6-7-14-12-17-15-5-3-4-8-18(15,16(14)11-13)9-10-19(17)2/h7-8,13,15,18,20H,4-6,9-12,14H2,1-3H3;7-8,13-14,17,19H,4-6,9-12H2,1-3H3;7-8,13,16,18H,3-6,9-12H2,1-2H3;7-8,12,16,18H,3-6,9-11,13H2,1-2H3;6-7,12,15,17H,3-5,8-11H2,1-2H3;6-7,11,15,17H,3-5,8-10,12H2,1-2H3/t18-,20+,21+;17-,19+,20+;2*16-,18+,19+;2*15-,17+,18+/m111111/s1. The molecule has 124 heavy (non-hydrogen) atoms. The van der Waals surface area contributed by atoms with Gasteiger partial charge in [-0.25, -0.2) is 0 Å². The van der Waals surface area contributed by atoms with E-state index in [1.807, 2.05) is 0 Å². The van der Waals surface area contributed by atoms with Gasteiger partial charge in [-0.05, 0) is 432 Å². The molecule has 9 heteroatoms. The van der Waals surface area contributed by atoms with Crippen LogP contribution < -0.4 is 14.2 Å². The molecule has 672 valence electrons.